The van der Waals surface area contributed by atoms with E-state index in [4.69, 9.17) is 5.11 Å². The maximum absolute atomic E-state index is 10.8. The Morgan fingerprint density at radius 1 is 1.37 bits per heavy atom. The first-order valence-corrected chi connectivity index (χ1v) is 7.63. The smallest absolute Gasteiger partial charge is 0.335 e. The van der Waals surface area contributed by atoms with E-state index in [1.807, 2.05) is 6.07 Å². The molecular weight excluding hydrogens is 306 g/mol. The Balaban J connectivity index is 2.50. The van der Waals surface area contributed by atoms with E-state index in [-0.39, 0.29) is 0 Å². The molecule has 0 radical (unpaired) electrons. The SMILES string of the molecule is CCCCCCC(C)Nc1ccc(C(=O)O)cc1Br. The first kappa shape index (κ1) is 16.0. The molecule has 0 aliphatic rings. The fraction of sp³-hybridized carbons (Fsp3) is 0.533. The van der Waals surface area contributed by atoms with Crippen molar-refractivity contribution in [3.8, 4) is 0 Å². The van der Waals surface area contributed by atoms with Crippen LogP contribution in [0.3, 0.4) is 0 Å². The number of nitrogens with one attached hydrogen (secondary N) is 1. The summed E-state index contributed by atoms with van der Waals surface area (Å²) in [6.45, 7) is 4.37. The third kappa shape index (κ3) is 5.64. The maximum Gasteiger partial charge on any atom is 0.335 e. The third-order valence-electron chi connectivity index (χ3n) is 3.11. The highest BCUT2D eigenvalue weighted by Crippen LogP contribution is 2.25. The van der Waals surface area contributed by atoms with Crippen molar-refractivity contribution in [2.75, 3.05) is 5.32 Å². The number of carboxylic acids is 1. The van der Waals surface area contributed by atoms with Gasteiger partial charge in [0, 0.05) is 16.2 Å². The van der Waals surface area contributed by atoms with E-state index >= 15 is 0 Å². The molecule has 1 unspecified atom stereocenters. The topological polar surface area (TPSA) is 49.3 Å². The van der Waals surface area contributed by atoms with E-state index in [1.54, 1.807) is 12.1 Å². The van der Waals surface area contributed by atoms with Crippen molar-refractivity contribution in [2.45, 2.75) is 52.0 Å². The van der Waals surface area contributed by atoms with Crippen LogP contribution in [0.15, 0.2) is 22.7 Å². The molecule has 0 amide bonds. The summed E-state index contributed by atoms with van der Waals surface area (Å²) < 4.78 is 0.799. The molecular formula is C15H22BrNO2. The van der Waals surface area contributed by atoms with Crippen molar-refractivity contribution < 1.29 is 9.90 Å². The van der Waals surface area contributed by atoms with Crippen molar-refractivity contribution >= 4 is 27.6 Å². The molecule has 3 nitrogen and oxygen atoms in total. The molecule has 0 aromatic heterocycles. The number of carboxylic acid groups (broad SMARTS) is 1. The lowest BCUT2D eigenvalue weighted by atomic mass is 10.1. The predicted molar refractivity (Wildman–Crippen MR) is 82.9 cm³/mol. The molecule has 2 N–H and O–H groups in total. The number of aromatic carboxylic acids is 1. The highest BCUT2D eigenvalue weighted by atomic mass is 79.9. The number of carbonyl (C=O) groups is 1. The summed E-state index contributed by atoms with van der Waals surface area (Å²) in [7, 11) is 0. The van der Waals surface area contributed by atoms with Gasteiger partial charge in [-0.15, -0.1) is 0 Å². The molecule has 4 heteroatoms. The van der Waals surface area contributed by atoms with Gasteiger partial charge in [-0.2, -0.15) is 0 Å². The number of benzene rings is 1. The van der Waals surface area contributed by atoms with Crippen LogP contribution in [0.4, 0.5) is 5.69 Å². The van der Waals surface area contributed by atoms with Gasteiger partial charge in [-0.1, -0.05) is 32.6 Å². The quantitative estimate of drug-likeness (QED) is 0.666. The Hall–Kier alpha value is -1.03. The van der Waals surface area contributed by atoms with Crippen LogP contribution in [-0.2, 0) is 0 Å². The van der Waals surface area contributed by atoms with Gasteiger partial charge in [0.25, 0.3) is 0 Å². The van der Waals surface area contributed by atoms with Crippen LogP contribution in [0.2, 0.25) is 0 Å². The summed E-state index contributed by atoms with van der Waals surface area (Å²) in [4.78, 5) is 10.8. The molecule has 0 saturated heterocycles. The standard InChI is InChI=1S/C15H22BrNO2/c1-3-4-5-6-7-11(2)17-14-9-8-12(15(18)19)10-13(14)16/h8-11,17H,3-7H2,1-2H3,(H,18,19). The van der Waals surface area contributed by atoms with Crippen molar-refractivity contribution in [3.05, 3.63) is 28.2 Å². The highest BCUT2D eigenvalue weighted by molar-refractivity contribution is 9.10. The number of unbranched alkanes of at least 4 members (excludes halogenated alkanes) is 3. The normalized spacial score (nSPS) is 12.2. The van der Waals surface area contributed by atoms with Gasteiger partial charge in [0.1, 0.15) is 0 Å². The second kappa shape index (κ2) is 8.20. The molecule has 0 aliphatic carbocycles. The molecule has 0 spiro atoms. The van der Waals surface area contributed by atoms with E-state index in [0.717, 1.165) is 16.6 Å². The molecule has 1 aromatic carbocycles. The second-order valence-electron chi connectivity index (χ2n) is 4.89. The Bertz CT molecular complexity index is 421. The van der Waals surface area contributed by atoms with Crippen LogP contribution in [0, 0.1) is 0 Å². The lowest BCUT2D eigenvalue weighted by Crippen LogP contribution is -2.15. The Kier molecular flexibility index (Phi) is 6.92. The van der Waals surface area contributed by atoms with Crippen LogP contribution < -0.4 is 5.32 Å². The van der Waals surface area contributed by atoms with Crippen LogP contribution in [0.1, 0.15) is 56.3 Å². The number of halogens is 1. The van der Waals surface area contributed by atoms with Gasteiger partial charge in [-0.25, -0.2) is 4.79 Å². The molecule has 1 atom stereocenters. The molecule has 0 heterocycles. The van der Waals surface area contributed by atoms with Gasteiger partial charge in [0.15, 0.2) is 0 Å². The molecule has 0 aliphatic heterocycles. The van der Waals surface area contributed by atoms with Crippen molar-refractivity contribution in [1.29, 1.82) is 0 Å². The zero-order chi connectivity index (χ0) is 14.3. The maximum atomic E-state index is 10.8. The summed E-state index contributed by atoms with van der Waals surface area (Å²) in [6, 6.07) is 5.47. The number of hydrogen-bond acceptors (Lipinski definition) is 2. The molecule has 1 rings (SSSR count). The van der Waals surface area contributed by atoms with Crippen LogP contribution in [0.25, 0.3) is 0 Å². The minimum Gasteiger partial charge on any atom is -0.478 e. The minimum absolute atomic E-state index is 0.299. The molecule has 106 valence electrons. The molecule has 0 fully saturated rings. The molecule has 1 aromatic rings. The van der Waals surface area contributed by atoms with Gasteiger partial charge in [0.2, 0.25) is 0 Å². The Morgan fingerprint density at radius 2 is 2.11 bits per heavy atom. The van der Waals surface area contributed by atoms with Gasteiger partial charge in [0.05, 0.1) is 5.56 Å². The summed E-state index contributed by atoms with van der Waals surface area (Å²) in [5.41, 5.74) is 1.25. The number of rotatable bonds is 8. The third-order valence-corrected chi connectivity index (χ3v) is 3.76. The van der Waals surface area contributed by atoms with E-state index in [2.05, 4.69) is 35.1 Å². The van der Waals surface area contributed by atoms with Gasteiger partial charge in [-0.3, -0.25) is 0 Å². The highest BCUT2D eigenvalue weighted by Gasteiger charge is 2.08. The Morgan fingerprint density at radius 3 is 2.68 bits per heavy atom. The van der Waals surface area contributed by atoms with Crippen LogP contribution >= 0.6 is 15.9 Å². The number of anilines is 1. The van der Waals surface area contributed by atoms with Gasteiger partial charge < -0.3 is 10.4 Å². The lowest BCUT2D eigenvalue weighted by molar-refractivity contribution is 0.0697. The van der Waals surface area contributed by atoms with Crippen molar-refractivity contribution in [3.63, 3.8) is 0 Å². The minimum atomic E-state index is -0.903. The average Bonchev–Trinajstić information content (AvgIpc) is 2.37. The van der Waals surface area contributed by atoms with Crippen LogP contribution in [-0.4, -0.2) is 17.1 Å². The molecule has 0 saturated carbocycles. The zero-order valence-electron chi connectivity index (χ0n) is 11.6. The first-order chi connectivity index (χ1) is 9.04. The summed E-state index contributed by atoms with van der Waals surface area (Å²) >= 11 is 3.41. The van der Waals surface area contributed by atoms with Crippen molar-refractivity contribution in [2.24, 2.45) is 0 Å². The Labute approximate surface area is 123 Å². The number of hydrogen-bond donors (Lipinski definition) is 2. The zero-order valence-corrected chi connectivity index (χ0v) is 13.2. The summed E-state index contributed by atoms with van der Waals surface area (Å²) in [5, 5.41) is 12.3. The van der Waals surface area contributed by atoms with Crippen LogP contribution in [0.5, 0.6) is 0 Å². The second-order valence-corrected chi connectivity index (χ2v) is 5.75. The van der Waals surface area contributed by atoms with E-state index in [9.17, 15) is 4.79 Å². The van der Waals surface area contributed by atoms with E-state index in [1.165, 1.54) is 25.7 Å². The predicted octanol–water partition coefficient (Wildman–Crippen LogP) is 4.92. The van der Waals surface area contributed by atoms with Crippen molar-refractivity contribution in [1.82, 2.24) is 0 Å². The fourth-order valence-electron chi connectivity index (χ4n) is 1.98. The largest absolute Gasteiger partial charge is 0.478 e. The molecule has 0 bridgehead atoms. The lowest BCUT2D eigenvalue weighted by Gasteiger charge is -2.16. The summed E-state index contributed by atoms with van der Waals surface area (Å²) in [5.74, 6) is -0.903. The van der Waals surface area contributed by atoms with Gasteiger partial charge >= 0.3 is 5.97 Å². The first-order valence-electron chi connectivity index (χ1n) is 6.84. The monoisotopic (exact) mass is 327 g/mol. The van der Waals surface area contributed by atoms with E-state index in [0.29, 0.717) is 11.6 Å². The van der Waals surface area contributed by atoms with E-state index < -0.39 is 5.97 Å². The summed E-state index contributed by atoms with van der Waals surface area (Å²) in [6.07, 6.45) is 6.19. The fourth-order valence-corrected chi connectivity index (χ4v) is 2.47. The van der Waals surface area contributed by atoms with Gasteiger partial charge in [-0.05, 0) is 47.5 Å². The molecule has 19 heavy (non-hydrogen) atoms. The average molecular weight is 328 g/mol.